The summed E-state index contributed by atoms with van der Waals surface area (Å²) in [5.74, 6) is 1.45. The maximum absolute atomic E-state index is 9.70. The zero-order valence-electron chi connectivity index (χ0n) is 16.8. The molecule has 0 spiro atoms. The van der Waals surface area contributed by atoms with Gasteiger partial charge in [0.1, 0.15) is 11.5 Å². The summed E-state index contributed by atoms with van der Waals surface area (Å²) in [6.45, 7) is 0. The Hall–Kier alpha value is -4.28. The molecular formula is C26H20N2O2. The van der Waals surface area contributed by atoms with Gasteiger partial charge < -0.3 is 9.47 Å². The minimum absolute atomic E-state index is 0.503. The van der Waals surface area contributed by atoms with Gasteiger partial charge >= 0.3 is 0 Å². The minimum Gasteiger partial charge on any atom is -0.497 e. The fraction of sp³-hybridized carbons (Fsp3) is 0.0769. The van der Waals surface area contributed by atoms with Crippen LogP contribution in [0.2, 0.25) is 0 Å². The Morgan fingerprint density at radius 1 is 0.667 bits per heavy atom. The Kier molecular flexibility index (Phi) is 6.66. The standard InChI is InChI=1S/C26H20N2O2/c1-29-25-10-3-6-19(14-25)12-23(17-27)21-8-5-9-22(16-21)24(18-28)13-20-7-4-11-26(15-20)30-2/h3-16H,1-2H3/b23-12+,24-13+. The second-order valence-corrected chi connectivity index (χ2v) is 6.47. The summed E-state index contributed by atoms with van der Waals surface area (Å²) < 4.78 is 10.5. The molecule has 0 heterocycles. The maximum atomic E-state index is 9.70. The van der Waals surface area contributed by atoms with Gasteiger partial charge in [0.15, 0.2) is 0 Å². The van der Waals surface area contributed by atoms with Crippen molar-refractivity contribution in [2.75, 3.05) is 14.2 Å². The van der Waals surface area contributed by atoms with Gasteiger partial charge in [-0.1, -0.05) is 42.5 Å². The van der Waals surface area contributed by atoms with Gasteiger partial charge in [-0.3, -0.25) is 0 Å². The first kappa shape index (κ1) is 20.5. The van der Waals surface area contributed by atoms with E-state index in [1.54, 1.807) is 26.4 Å². The van der Waals surface area contributed by atoms with E-state index in [2.05, 4.69) is 12.1 Å². The molecule has 146 valence electrons. The van der Waals surface area contributed by atoms with Gasteiger partial charge in [-0.05, 0) is 64.7 Å². The van der Waals surface area contributed by atoms with E-state index in [0.29, 0.717) is 11.1 Å². The lowest BCUT2D eigenvalue weighted by Gasteiger charge is -2.06. The second-order valence-electron chi connectivity index (χ2n) is 6.47. The molecule has 0 radical (unpaired) electrons. The average molecular weight is 392 g/mol. The van der Waals surface area contributed by atoms with E-state index in [0.717, 1.165) is 33.8 Å². The maximum Gasteiger partial charge on any atom is 0.119 e. The Morgan fingerprint density at radius 2 is 1.10 bits per heavy atom. The molecule has 0 fully saturated rings. The zero-order chi connectivity index (χ0) is 21.3. The molecule has 0 saturated heterocycles. The average Bonchev–Trinajstić information content (AvgIpc) is 2.81. The highest BCUT2D eigenvalue weighted by atomic mass is 16.5. The summed E-state index contributed by atoms with van der Waals surface area (Å²) >= 11 is 0. The van der Waals surface area contributed by atoms with Gasteiger partial charge in [0.05, 0.1) is 37.5 Å². The minimum atomic E-state index is 0.503. The van der Waals surface area contributed by atoms with Gasteiger partial charge in [-0.25, -0.2) is 0 Å². The SMILES string of the molecule is COc1cccc(/C=C(\C#N)c2cccc(/C(C#N)=C/c3cccc(OC)c3)c2)c1. The molecule has 0 atom stereocenters. The molecule has 0 aliphatic rings. The lowest BCUT2D eigenvalue weighted by molar-refractivity contribution is 0.414. The van der Waals surface area contributed by atoms with E-state index < -0.39 is 0 Å². The van der Waals surface area contributed by atoms with Crippen LogP contribution in [-0.2, 0) is 0 Å². The van der Waals surface area contributed by atoms with Gasteiger partial charge in [0.25, 0.3) is 0 Å². The van der Waals surface area contributed by atoms with Gasteiger partial charge in [-0.15, -0.1) is 0 Å². The number of nitrogens with zero attached hydrogens (tertiary/aromatic N) is 2. The fourth-order valence-corrected chi connectivity index (χ4v) is 3.01. The molecule has 3 rings (SSSR count). The summed E-state index contributed by atoms with van der Waals surface area (Å²) in [5.41, 5.74) is 4.22. The van der Waals surface area contributed by atoms with Crippen molar-refractivity contribution in [1.29, 1.82) is 10.5 Å². The summed E-state index contributed by atoms with van der Waals surface area (Å²) in [6.07, 6.45) is 3.61. The predicted molar refractivity (Wildman–Crippen MR) is 119 cm³/mol. The number of nitriles is 2. The summed E-state index contributed by atoms with van der Waals surface area (Å²) in [5, 5.41) is 19.4. The molecule has 4 nitrogen and oxygen atoms in total. The van der Waals surface area contributed by atoms with Crippen LogP contribution in [0.1, 0.15) is 22.3 Å². The van der Waals surface area contributed by atoms with Crippen LogP contribution in [0.3, 0.4) is 0 Å². The molecule has 3 aromatic rings. The molecule has 0 unspecified atom stereocenters. The number of ether oxygens (including phenoxy) is 2. The highest BCUT2D eigenvalue weighted by Crippen LogP contribution is 2.25. The van der Waals surface area contributed by atoms with E-state index in [9.17, 15) is 10.5 Å². The third-order valence-corrected chi connectivity index (χ3v) is 4.54. The van der Waals surface area contributed by atoms with Gasteiger partial charge in [0.2, 0.25) is 0 Å². The van der Waals surface area contributed by atoms with Crippen LogP contribution >= 0.6 is 0 Å². The summed E-state index contributed by atoms with van der Waals surface area (Å²) in [4.78, 5) is 0. The van der Waals surface area contributed by atoms with Crippen molar-refractivity contribution >= 4 is 23.3 Å². The van der Waals surface area contributed by atoms with Crippen molar-refractivity contribution in [2.24, 2.45) is 0 Å². The number of hydrogen-bond acceptors (Lipinski definition) is 4. The van der Waals surface area contributed by atoms with Crippen LogP contribution in [0.4, 0.5) is 0 Å². The first-order chi connectivity index (χ1) is 14.7. The van der Waals surface area contributed by atoms with E-state index in [4.69, 9.17) is 9.47 Å². The van der Waals surface area contributed by atoms with Crippen LogP contribution in [0.25, 0.3) is 23.3 Å². The van der Waals surface area contributed by atoms with Crippen molar-refractivity contribution in [2.45, 2.75) is 0 Å². The highest BCUT2D eigenvalue weighted by Gasteiger charge is 2.07. The van der Waals surface area contributed by atoms with Crippen LogP contribution in [-0.4, -0.2) is 14.2 Å². The lowest BCUT2D eigenvalue weighted by atomic mass is 9.97. The van der Waals surface area contributed by atoms with E-state index in [1.807, 2.05) is 72.8 Å². The largest absolute Gasteiger partial charge is 0.497 e. The lowest BCUT2D eigenvalue weighted by Crippen LogP contribution is -1.88. The molecule has 30 heavy (non-hydrogen) atoms. The van der Waals surface area contributed by atoms with Gasteiger partial charge in [0, 0.05) is 0 Å². The molecule has 0 aliphatic heterocycles. The molecular weight excluding hydrogens is 372 g/mol. The Bertz CT molecular complexity index is 1100. The molecule has 0 saturated carbocycles. The molecule has 0 aliphatic carbocycles. The van der Waals surface area contributed by atoms with Crippen LogP contribution in [0.5, 0.6) is 11.5 Å². The molecule has 0 bridgehead atoms. The fourth-order valence-electron chi connectivity index (χ4n) is 3.01. The number of methoxy groups -OCH3 is 2. The van der Waals surface area contributed by atoms with E-state index in [-0.39, 0.29) is 0 Å². The third-order valence-electron chi connectivity index (χ3n) is 4.54. The van der Waals surface area contributed by atoms with Crippen LogP contribution < -0.4 is 9.47 Å². The molecule has 0 amide bonds. The monoisotopic (exact) mass is 392 g/mol. The molecule has 4 heteroatoms. The first-order valence-electron chi connectivity index (χ1n) is 9.29. The van der Waals surface area contributed by atoms with Gasteiger partial charge in [-0.2, -0.15) is 10.5 Å². The zero-order valence-corrected chi connectivity index (χ0v) is 16.8. The van der Waals surface area contributed by atoms with Crippen molar-refractivity contribution in [3.63, 3.8) is 0 Å². The van der Waals surface area contributed by atoms with E-state index >= 15 is 0 Å². The third kappa shape index (κ3) is 4.95. The van der Waals surface area contributed by atoms with E-state index in [1.165, 1.54) is 0 Å². The highest BCUT2D eigenvalue weighted by molar-refractivity contribution is 5.94. The number of rotatable bonds is 6. The van der Waals surface area contributed by atoms with Crippen molar-refractivity contribution in [1.82, 2.24) is 0 Å². The predicted octanol–water partition coefficient (Wildman–Crippen LogP) is 5.83. The molecule has 0 N–H and O–H groups in total. The quantitative estimate of drug-likeness (QED) is 0.391. The number of allylic oxidation sites excluding steroid dienone is 2. The number of benzene rings is 3. The normalized spacial score (nSPS) is 11.3. The molecule has 0 aromatic heterocycles. The van der Waals surface area contributed by atoms with Crippen molar-refractivity contribution < 1.29 is 9.47 Å². The van der Waals surface area contributed by atoms with Crippen molar-refractivity contribution in [3.8, 4) is 23.6 Å². The Morgan fingerprint density at radius 3 is 1.50 bits per heavy atom. The topological polar surface area (TPSA) is 66.0 Å². The summed E-state index contributed by atoms with van der Waals surface area (Å²) in [6, 6.07) is 26.9. The smallest absolute Gasteiger partial charge is 0.119 e. The van der Waals surface area contributed by atoms with Crippen molar-refractivity contribution in [3.05, 3.63) is 95.1 Å². The first-order valence-corrected chi connectivity index (χ1v) is 9.29. The number of hydrogen-bond donors (Lipinski definition) is 0. The van der Waals surface area contributed by atoms with Crippen LogP contribution in [0.15, 0.2) is 72.8 Å². The Labute approximate surface area is 176 Å². The second kappa shape index (κ2) is 9.78. The molecule has 3 aromatic carbocycles. The summed E-state index contributed by atoms with van der Waals surface area (Å²) in [7, 11) is 3.21. The Balaban J connectivity index is 1.99. The van der Waals surface area contributed by atoms with Crippen LogP contribution in [0, 0.1) is 22.7 Å².